The Morgan fingerprint density at radius 1 is 1.00 bits per heavy atom. The summed E-state index contributed by atoms with van der Waals surface area (Å²) in [6.07, 6.45) is 1.87. The van der Waals surface area contributed by atoms with Crippen LogP contribution in [0.2, 0.25) is 0 Å². The van der Waals surface area contributed by atoms with Crippen molar-refractivity contribution in [3.8, 4) is 0 Å². The molecule has 2 heteroatoms. The van der Waals surface area contributed by atoms with Crippen molar-refractivity contribution in [3.05, 3.63) is 70.8 Å². The Morgan fingerprint density at radius 3 is 2.41 bits per heavy atom. The second-order valence-corrected chi connectivity index (χ2v) is 6.45. The van der Waals surface area contributed by atoms with E-state index in [2.05, 4.69) is 55.6 Å². The van der Waals surface area contributed by atoms with Gasteiger partial charge in [0.15, 0.2) is 0 Å². The molecule has 0 spiro atoms. The van der Waals surface area contributed by atoms with E-state index in [1.54, 1.807) is 0 Å². The maximum Gasteiger partial charge on any atom is 0.0836 e. The van der Waals surface area contributed by atoms with Crippen LogP contribution in [0.15, 0.2) is 48.5 Å². The number of aliphatic hydroxyl groups is 1. The average Bonchev–Trinajstić information content (AvgIpc) is 2.78. The standard InChI is InChI=1S/C20H25NO/c1-14-9-11-16(12-10-14)6-5-13-21-19-15(2)20(22)18-8-4-3-7-17(18)19/h3-4,7-12,15,19-22H,5-6,13H2,1-2H3. The van der Waals surface area contributed by atoms with Gasteiger partial charge in [-0.25, -0.2) is 0 Å². The van der Waals surface area contributed by atoms with Crippen LogP contribution in [-0.2, 0) is 6.42 Å². The molecule has 0 saturated carbocycles. The highest BCUT2D eigenvalue weighted by molar-refractivity contribution is 5.37. The Morgan fingerprint density at radius 2 is 1.68 bits per heavy atom. The Labute approximate surface area is 133 Å². The number of aliphatic hydroxyl groups excluding tert-OH is 1. The van der Waals surface area contributed by atoms with Crippen molar-refractivity contribution in [2.75, 3.05) is 6.54 Å². The molecule has 2 aromatic carbocycles. The number of rotatable bonds is 5. The highest BCUT2D eigenvalue weighted by atomic mass is 16.3. The highest BCUT2D eigenvalue weighted by Crippen LogP contribution is 2.43. The van der Waals surface area contributed by atoms with Crippen molar-refractivity contribution in [1.82, 2.24) is 5.32 Å². The monoisotopic (exact) mass is 295 g/mol. The predicted octanol–water partition coefficient (Wildman–Crippen LogP) is 3.94. The van der Waals surface area contributed by atoms with Gasteiger partial charge in [-0.3, -0.25) is 0 Å². The maximum absolute atomic E-state index is 10.3. The molecule has 3 atom stereocenters. The number of aryl methyl sites for hydroxylation is 2. The molecule has 0 amide bonds. The van der Waals surface area contributed by atoms with Crippen molar-refractivity contribution in [1.29, 1.82) is 0 Å². The zero-order valence-corrected chi connectivity index (χ0v) is 13.4. The van der Waals surface area contributed by atoms with Crippen LogP contribution in [0, 0.1) is 12.8 Å². The summed E-state index contributed by atoms with van der Waals surface area (Å²) in [7, 11) is 0. The molecule has 0 fully saturated rings. The fraction of sp³-hybridized carbons (Fsp3) is 0.400. The van der Waals surface area contributed by atoms with Crippen LogP contribution in [0.5, 0.6) is 0 Å². The molecule has 3 rings (SSSR count). The van der Waals surface area contributed by atoms with E-state index < -0.39 is 0 Å². The van der Waals surface area contributed by atoms with E-state index in [1.807, 2.05) is 12.1 Å². The van der Waals surface area contributed by atoms with Gasteiger partial charge in [-0.1, -0.05) is 61.0 Å². The summed E-state index contributed by atoms with van der Waals surface area (Å²) in [5.74, 6) is 0.233. The first-order chi connectivity index (χ1) is 10.7. The van der Waals surface area contributed by atoms with Gasteiger partial charge in [0.1, 0.15) is 0 Å². The third kappa shape index (κ3) is 3.08. The van der Waals surface area contributed by atoms with Gasteiger partial charge in [0.25, 0.3) is 0 Å². The van der Waals surface area contributed by atoms with Crippen LogP contribution in [-0.4, -0.2) is 11.7 Å². The van der Waals surface area contributed by atoms with Gasteiger partial charge in [0, 0.05) is 12.0 Å². The molecule has 1 aliphatic carbocycles. The third-order valence-corrected chi connectivity index (χ3v) is 4.80. The number of hydrogen-bond donors (Lipinski definition) is 2. The molecule has 116 valence electrons. The van der Waals surface area contributed by atoms with E-state index in [4.69, 9.17) is 0 Å². The summed E-state index contributed by atoms with van der Waals surface area (Å²) in [5, 5.41) is 14.0. The van der Waals surface area contributed by atoms with Crippen LogP contribution >= 0.6 is 0 Å². The lowest BCUT2D eigenvalue weighted by molar-refractivity contribution is 0.114. The van der Waals surface area contributed by atoms with Gasteiger partial charge < -0.3 is 10.4 Å². The summed E-state index contributed by atoms with van der Waals surface area (Å²) < 4.78 is 0. The van der Waals surface area contributed by atoms with E-state index >= 15 is 0 Å². The van der Waals surface area contributed by atoms with Crippen molar-refractivity contribution >= 4 is 0 Å². The van der Waals surface area contributed by atoms with E-state index in [1.165, 1.54) is 16.7 Å². The Kier molecular flexibility index (Phi) is 4.60. The summed E-state index contributed by atoms with van der Waals surface area (Å²) in [5.41, 5.74) is 5.06. The van der Waals surface area contributed by atoms with Gasteiger partial charge in [0.05, 0.1) is 6.10 Å². The van der Waals surface area contributed by atoms with Crippen LogP contribution in [0.25, 0.3) is 0 Å². The maximum atomic E-state index is 10.3. The quantitative estimate of drug-likeness (QED) is 0.819. The number of fused-ring (bicyclic) bond motifs is 1. The van der Waals surface area contributed by atoms with Gasteiger partial charge in [0.2, 0.25) is 0 Å². The zero-order valence-electron chi connectivity index (χ0n) is 13.4. The first-order valence-corrected chi connectivity index (χ1v) is 8.22. The van der Waals surface area contributed by atoms with Crippen LogP contribution < -0.4 is 5.32 Å². The molecule has 0 radical (unpaired) electrons. The molecule has 1 aliphatic rings. The van der Waals surface area contributed by atoms with E-state index in [-0.39, 0.29) is 18.1 Å². The largest absolute Gasteiger partial charge is 0.388 e. The molecule has 0 aliphatic heterocycles. The molecule has 2 nitrogen and oxygen atoms in total. The SMILES string of the molecule is Cc1ccc(CCCNC2c3ccccc3C(O)C2C)cc1. The second-order valence-electron chi connectivity index (χ2n) is 6.45. The average molecular weight is 295 g/mol. The number of benzene rings is 2. The molecular formula is C20H25NO. The van der Waals surface area contributed by atoms with Gasteiger partial charge >= 0.3 is 0 Å². The molecule has 2 N–H and O–H groups in total. The molecule has 0 aromatic heterocycles. The first-order valence-electron chi connectivity index (χ1n) is 8.22. The molecule has 0 saturated heterocycles. The van der Waals surface area contributed by atoms with E-state index in [0.29, 0.717) is 0 Å². The Hall–Kier alpha value is -1.64. The normalized spacial score (nSPS) is 23.5. The Balaban J connectivity index is 1.54. The van der Waals surface area contributed by atoms with Crippen molar-refractivity contribution in [3.63, 3.8) is 0 Å². The predicted molar refractivity (Wildman–Crippen MR) is 90.8 cm³/mol. The lowest BCUT2D eigenvalue weighted by atomic mass is 10.0. The smallest absolute Gasteiger partial charge is 0.0836 e. The highest BCUT2D eigenvalue weighted by Gasteiger charge is 2.35. The minimum Gasteiger partial charge on any atom is -0.388 e. The van der Waals surface area contributed by atoms with Crippen LogP contribution in [0.1, 0.15) is 47.7 Å². The minimum absolute atomic E-state index is 0.233. The molecule has 22 heavy (non-hydrogen) atoms. The number of nitrogens with one attached hydrogen (secondary N) is 1. The summed E-state index contributed by atoms with van der Waals surface area (Å²) in [4.78, 5) is 0. The van der Waals surface area contributed by atoms with Crippen molar-refractivity contribution in [2.45, 2.75) is 38.8 Å². The van der Waals surface area contributed by atoms with Crippen molar-refractivity contribution < 1.29 is 5.11 Å². The molecule has 2 aromatic rings. The Bertz CT molecular complexity index is 620. The molecule has 0 bridgehead atoms. The fourth-order valence-electron chi connectivity index (χ4n) is 3.41. The summed E-state index contributed by atoms with van der Waals surface area (Å²) in [6.45, 7) is 5.22. The van der Waals surface area contributed by atoms with Crippen molar-refractivity contribution in [2.24, 2.45) is 5.92 Å². The number of hydrogen-bond acceptors (Lipinski definition) is 2. The third-order valence-electron chi connectivity index (χ3n) is 4.80. The first kappa shape index (κ1) is 15.3. The zero-order chi connectivity index (χ0) is 15.5. The summed E-state index contributed by atoms with van der Waals surface area (Å²) in [6, 6.07) is 17.3. The van der Waals surface area contributed by atoms with Gasteiger partial charge in [-0.15, -0.1) is 0 Å². The van der Waals surface area contributed by atoms with Crippen LogP contribution in [0.3, 0.4) is 0 Å². The topological polar surface area (TPSA) is 32.3 Å². The second kappa shape index (κ2) is 6.64. The van der Waals surface area contributed by atoms with Gasteiger partial charge in [-0.2, -0.15) is 0 Å². The van der Waals surface area contributed by atoms with E-state index in [0.717, 1.165) is 24.9 Å². The minimum atomic E-state index is -0.342. The van der Waals surface area contributed by atoms with E-state index in [9.17, 15) is 5.11 Å². The lowest BCUT2D eigenvalue weighted by Crippen LogP contribution is -2.26. The fourth-order valence-corrected chi connectivity index (χ4v) is 3.41. The summed E-state index contributed by atoms with van der Waals surface area (Å²) >= 11 is 0. The van der Waals surface area contributed by atoms with Crippen LogP contribution in [0.4, 0.5) is 0 Å². The molecule has 3 unspecified atom stereocenters. The lowest BCUT2D eigenvalue weighted by Gasteiger charge is -2.20. The molecule has 0 heterocycles. The molecular weight excluding hydrogens is 270 g/mol. The van der Waals surface area contributed by atoms with Gasteiger partial charge in [-0.05, 0) is 43.0 Å².